The fourth-order valence-electron chi connectivity index (χ4n) is 2.03. The van der Waals surface area contributed by atoms with E-state index in [-0.39, 0.29) is 6.04 Å². The first-order valence-electron chi connectivity index (χ1n) is 4.49. The molecule has 0 aromatic rings. The number of hydrogen-bond acceptors (Lipinski definition) is 1. The highest BCUT2D eigenvalue weighted by atomic mass is 14.6. The molecule has 0 saturated heterocycles. The summed E-state index contributed by atoms with van der Waals surface area (Å²) in [4.78, 5) is 0. The summed E-state index contributed by atoms with van der Waals surface area (Å²) in [6, 6.07) is 0.288. The second-order valence-corrected chi connectivity index (χ2v) is 3.57. The Bertz CT molecular complexity index is 203. The highest BCUT2D eigenvalue weighted by molar-refractivity contribution is 5.23. The summed E-state index contributed by atoms with van der Waals surface area (Å²) in [7, 11) is 0. The van der Waals surface area contributed by atoms with Crippen molar-refractivity contribution in [1.29, 1.82) is 0 Å². The molecule has 0 spiro atoms. The van der Waals surface area contributed by atoms with Crippen LogP contribution in [0, 0.1) is 5.92 Å². The summed E-state index contributed by atoms with van der Waals surface area (Å²) in [6.07, 6.45) is 11.9. The first-order chi connectivity index (χ1) is 5.36. The van der Waals surface area contributed by atoms with E-state index in [1.807, 2.05) is 0 Å². The van der Waals surface area contributed by atoms with Crippen LogP contribution in [0.15, 0.2) is 23.8 Å². The zero-order valence-corrected chi connectivity index (χ0v) is 6.79. The van der Waals surface area contributed by atoms with Crippen molar-refractivity contribution in [3.8, 4) is 0 Å². The van der Waals surface area contributed by atoms with Gasteiger partial charge >= 0.3 is 0 Å². The maximum Gasteiger partial charge on any atom is 0.0261 e. The van der Waals surface area contributed by atoms with Gasteiger partial charge in [0, 0.05) is 6.04 Å². The molecule has 0 heterocycles. The molecule has 0 amide bonds. The third-order valence-electron chi connectivity index (χ3n) is 2.66. The van der Waals surface area contributed by atoms with Crippen molar-refractivity contribution in [3.05, 3.63) is 23.8 Å². The Kier molecular flexibility index (Phi) is 1.82. The zero-order chi connectivity index (χ0) is 7.68. The highest BCUT2D eigenvalue weighted by Gasteiger charge is 2.19. The lowest BCUT2D eigenvalue weighted by atomic mass is 9.80. The molecule has 0 bridgehead atoms. The van der Waals surface area contributed by atoms with Gasteiger partial charge in [0.2, 0.25) is 0 Å². The predicted octanol–water partition coefficient (Wildman–Crippen LogP) is 2.00. The van der Waals surface area contributed by atoms with Gasteiger partial charge in [0.1, 0.15) is 0 Å². The van der Waals surface area contributed by atoms with Gasteiger partial charge in [-0.15, -0.1) is 0 Å². The van der Waals surface area contributed by atoms with Crippen LogP contribution >= 0.6 is 0 Å². The molecule has 0 fully saturated rings. The van der Waals surface area contributed by atoms with E-state index in [0.29, 0.717) is 0 Å². The summed E-state index contributed by atoms with van der Waals surface area (Å²) < 4.78 is 0. The van der Waals surface area contributed by atoms with Crippen molar-refractivity contribution >= 4 is 0 Å². The van der Waals surface area contributed by atoms with E-state index >= 15 is 0 Å². The molecule has 0 saturated carbocycles. The number of rotatable bonds is 0. The van der Waals surface area contributed by atoms with Gasteiger partial charge in [0.15, 0.2) is 0 Å². The van der Waals surface area contributed by atoms with E-state index < -0.39 is 0 Å². The molecule has 1 nitrogen and oxygen atoms in total. The molecule has 0 aromatic heterocycles. The van der Waals surface area contributed by atoms with Crippen molar-refractivity contribution in [2.24, 2.45) is 11.7 Å². The smallest absolute Gasteiger partial charge is 0.0261 e. The first-order valence-corrected chi connectivity index (χ1v) is 4.49. The second kappa shape index (κ2) is 2.82. The summed E-state index contributed by atoms with van der Waals surface area (Å²) in [5.74, 6) is 0.739. The van der Waals surface area contributed by atoms with E-state index in [9.17, 15) is 0 Å². The second-order valence-electron chi connectivity index (χ2n) is 3.57. The van der Waals surface area contributed by atoms with Gasteiger partial charge in [0.25, 0.3) is 0 Å². The molecular weight excluding hydrogens is 134 g/mol. The molecule has 1 heteroatoms. The minimum atomic E-state index is 0.288. The summed E-state index contributed by atoms with van der Waals surface area (Å²) in [5, 5.41) is 0. The van der Waals surface area contributed by atoms with Crippen LogP contribution in [-0.4, -0.2) is 6.04 Å². The standard InChI is InChI=1S/C10H15N/c11-10-6-5-8-3-1-2-4-9(8)7-10/h4-6,8,10H,1-3,7,11H2. The van der Waals surface area contributed by atoms with Gasteiger partial charge in [-0.05, 0) is 31.6 Å². The Morgan fingerprint density at radius 3 is 3.18 bits per heavy atom. The zero-order valence-electron chi connectivity index (χ0n) is 6.79. The van der Waals surface area contributed by atoms with Gasteiger partial charge in [-0.3, -0.25) is 0 Å². The molecule has 0 aliphatic heterocycles. The first kappa shape index (κ1) is 7.11. The molecule has 0 aromatic carbocycles. The monoisotopic (exact) mass is 149 g/mol. The lowest BCUT2D eigenvalue weighted by Gasteiger charge is -2.27. The molecule has 2 N–H and O–H groups in total. The minimum absolute atomic E-state index is 0.288. The van der Waals surface area contributed by atoms with Gasteiger partial charge in [-0.1, -0.05) is 23.8 Å². The van der Waals surface area contributed by atoms with Crippen LogP contribution in [0.3, 0.4) is 0 Å². The largest absolute Gasteiger partial charge is 0.324 e. The normalized spacial score (nSPS) is 36.3. The van der Waals surface area contributed by atoms with Crippen molar-refractivity contribution in [1.82, 2.24) is 0 Å². The molecule has 11 heavy (non-hydrogen) atoms. The number of allylic oxidation sites excluding steroid dienone is 2. The Labute approximate surface area is 68.0 Å². The molecular formula is C10H15N. The Balaban J connectivity index is 2.19. The van der Waals surface area contributed by atoms with Crippen molar-refractivity contribution < 1.29 is 0 Å². The van der Waals surface area contributed by atoms with E-state index in [1.54, 1.807) is 5.57 Å². The van der Waals surface area contributed by atoms with Crippen LogP contribution in [0.2, 0.25) is 0 Å². The third-order valence-corrected chi connectivity index (χ3v) is 2.66. The topological polar surface area (TPSA) is 26.0 Å². The average molecular weight is 149 g/mol. The summed E-state index contributed by atoms with van der Waals surface area (Å²) >= 11 is 0. The number of fused-ring (bicyclic) bond motifs is 1. The van der Waals surface area contributed by atoms with Crippen LogP contribution in [0.25, 0.3) is 0 Å². The van der Waals surface area contributed by atoms with Crippen molar-refractivity contribution in [3.63, 3.8) is 0 Å². The van der Waals surface area contributed by atoms with E-state index in [0.717, 1.165) is 12.3 Å². The lowest BCUT2D eigenvalue weighted by molar-refractivity contribution is 0.544. The Hall–Kier alpha value is -0.560. The Morgan fingerprint density at radius 2 is 2.27 bits per heavy atom. The predicted molar refractivity (Wildman–Crippen MR) is 47.2 cm³/mol. The van der Waals surface area contributed by atoms with Gasteiger partial charge in [0.05, 0.1) is 0 Å². The molecule has 2 unspecified atom stereocenters. The van der Waals surface area contributed by atoms with Crippen LogP contribution in [0.5, 0.6) is 0 Å². The van der Waals surface area contributed by atoms with Gasteiger partial charge in [-0.2, -0.15) is 0 Å². The van der Waals surface area contributed by atoms with Gasteiger partial charge in [-0.25, -0.2) is 0 Å². The van der Waals surface area contributed by atoms with Crippen LogP contribution in [0.1, 0.15) is 25.7 Å². The quantitative estimate of drug-likeness (QED) is 0.524. The van der Waals surface area contributed by atoms with Crippen LogP contribution < -0.4 is 5.73 Å². The van der Waals surface area contributed by atoms with E-state index in [4.69, 9.17) is 5.73 Å². The fraction of sp³-hybridized carbons (Fsp3) is 0.600. The molecule has 60 valence electrons. The molecule has 2 rings (SSSR count). The lowest BCUT2D eigenvalue weighted by Crippen LogP contribution is -2.24. The van der Waals surface area contributed by atoms with E-state index in [2.05, 4.69) is 18.2 Å². The number of nitrogens with two attached hydrogens (primary N) is 1. The molecule has 2 aliphatic carbocycles. The Morgan fingerprint density at radius 1 is 1.36 bits per heavy atom. The minimum Gasteiger partial charge on any atom is -0.324 e. The SMILES string of the molecule is NC1C=CC2CCCC=C2C1. The summed E-state index contributed by atoms with van der Waals surface area (Å²) in [6.45, 7) is 0. The van der Waals surface area contributed by atoms with Gasteiger partial charge < -0.3 is 5.73 Å². The highest BCUT2D eigenvalue weighted by Crippen LogP contribution is 2.31. The van der Waals surface area contributed by atoms with Crippen molar-refractivity contribution in [2.75, 3.05) is 0 Å². The molecule has 2 atom stereocenters. The maximum absolute atomic E-state index is 5.81. The molecule has 2 aliphatic rings. The van der Waals surface area contributed by atoms with Crippen LogP contribution in [-0.2, 0) is 0 Å². The summed E-state index contributed by atoms with van der Waals surface area (Å²) in [5.41, 5.74) is 7.40. The third kappa shape index (κ3) is 1.38. The van der Waals surface area contributed by atoms with E-state index in [1.165, 1.54) is 19.3 Å². The van der Waals surface area contributed by atoms with Crippen LogP contribution in [0.4, 0.5) is 0 Å². The maximum atomic E-state index is 5.81. The fourth-order valence-corrected chi connectivity index (χ4v) is 2.03. The van der Waals surface area contributed by atoms with Crippen molar-refractivity contribution in [2.45, 2.75) is 31.7 Å². The molecule has 0 radical (unpaired) electrons. The average Bonchev–Trinajstić information content (AvgIpc) is 2.04. The number of hydrogen-bond donors (Lipinski definition) is 1.